The molecule has 1 aromatic carbocycles. The first-order valence-electron chi connectivity index (χ1n) is 9.19. The monoisotopic (exact) mass is 345 g/mol. The number of hydrogen-bond donors (Lipinski definition) is 2. The Hall–Kier alpha value is -2.04. The van der Waals surface area contributed by atoms with Crippen molar-refractivity contribution in [3.8, 4) is 0 Å². The standard InChI is InChI=1S/C20H31N3O2/c1-5-14-7-6-8-17(13-14)23-19(21)22-16-11-9-15(10-12-16)18(24)25-20(2,3)4/h6-8,13,15-16H,5,9-12H2,1-4H3,(H3,21,22,23). The van der Waals surface area contributed by atoms with Crippen molar-refractivity contribution in [1.82, 2.24) is 0 Å². The van der Waals surface area contributed by atoms with Crippen molar-refractivity contribution in [2.24, 2.45) is 16.6 Å². The topological polar surface area (TPSA) is 76.7 Å². The molecule has 0 bridgehead atoms. The Bertz CT molecular complexity index is 612. The van der Waals surface area contributed by atoms with Gasteiger partial charge in [0.15, 0.2) is 5.96 Å². The average Bonchev–Trinajstić information content (AvgIpc) is 2.54. The van der Waals surface area contributed by atoms with Gasteiger partial charge in [-0.2, -0.15) is 0 Å². The Labute approximate surface area is 151 Å². The lowest BCUT2D eigenvalue weighted by molar-refractivity contribution is -0.161. The fourth-order valence-electron chi connectivity index (χ4n) is 3.07. The fraction of sp³-hybridized carbons (Fsp3) is 0.600. The van der Waals surface area contributed by atoms with Gasteiger partial charge in [-0.25, -0.2) is 4.99 Å². The SMILES string of the molecule is CCc1cccc(NC(N)=NC2CCC(C(=O)OC(C)(C)C)CC2)c1. The van der Waals surface area contributed by atoms with E-state index in [2.05, 4.69) is 29.4 Å². The van der Waals surface area contributed by atoms with E-state index in [0.29, 0.717) is 5.96 Å². The summed E-state index contributed by atoms with van der Waals surface area (Å²) in [5.41, 5.74) is 7.85. The van der Waals surface area contributed by atoms with E-state index in [1.165, 1.54) is 5.56 Å². The predicted octanol–water partition coefficient (Wildman–Crippen LogP) is 3.88. The van der Waals surface area contributed by atoms with Crippen molar-refractivity contribution in [2.75, 3.05) is 5.32 Å². The summed E-state index contributed by atoms with van der Waals surface area (Å²) in [4.78, 5) is 16.7. The maximum atomic E-state index is 12.1. The molecule has 5 heteroatoms. The van der Waals surface area contributed by atoms with Crippen LogP contribution < -0.4 is 11.1 Å². The van der Waals surface area contributed by atoms with Crippen LogP contribution in [0.25, 0.3) is 0 Å². The van der Waals surface area contributed by atoms with Crippen molar-refractivity contribution in [2.45, 2.75) is 71.4 Å². The molecular weight excluding hydrogens is 314 g/mol. The number of rotatable bonds is 4. The molecular formula is C20H31N3O2. The minimum atomic E-state index is -0.423. The van der Waals surface area contributed by atoms with E-state index >= 15 is 0 Å². The van der Waals surface area contributed by atoms with Gasteiger partial charge < -0.3 is 15.8 Å². The quantitative estimate of drug-likeness (QED) is 0.493. The first-order chi connectivity index (χ1) is 11.8. The Morgan fingerprint density at radius 2 is 1.96 bits per heavy atom. The van der Waals surface area contributed by atoms with Gasteiger partial charge in [-0.05, 0) is 70.6 Å². The van der Waals surface area contributed by atoms with Crippen LogP contribution >= 0.6 is 0 Å². The number of aryl methyl sites for hydroxylation is 1. The van der Waals surface area contributed by atoms with Crippen LogP contribution in [-0.2, 0) is 16.0 Å². The maximum absolute atomic E-state index is 12.1. The lowest BCUT2D eigenvalue weighted by Gasteiger charge is -2.28. The molecule has 5 nitrogen and oxygen atoms in total. The summed E-state index contributed by atoms with van der Waals surface area (Å²) in [6, 6.07) is 8.35. The Morgan fingerprint density at radius 3 is 2.56 bits per heavy atom. The van der Waals surface area contributed by atoms with Gasteiger partial charge in [0.25, 0.3) is 0 Å². The van der Waals surface area contributed by atoms with Crippen molar-refractivity contribution >= 4 is 17.6 Å². The van der Waals surface area contributed by atoms with E-state index in [0.717, 1.165) is 37.8 Å². The van der Waals surface area contributed by atoms with Crippen LogP contribution in [0.3, 0.4) is 0 Å². The first-order valence-corrected chi connectivity index (χ1v) is 9.19. The van der Waals surface area contributed by atoms with Gasteiger partial charge in [-0.15, -0.1) is 0 Å². The van der Waals surface area contributed by atoms with Crippen LogP contribution in [-0.4, -0.2) is 23.6 Å². The number of carbonyl (C=O) groups excluding carboxylic acids is 1. The van der Waals surface area contributed by atoms with Gasteiger partial charge in [-0.1, -0.05) is 19.1 Å². The second kappa shape index (κ2) is 8.37. The van der Waals surface area contributed by atoms with Crippen molar-refractivity contribution in [3.05, 3.63) is 29.8 Å². The predicted molar refractivity (Wildman–Crippen MR) is 103 cm³/mol. The molecule has 0 unspecified atom stereocenters. The minimum absolute atomic E-state index is 0.0129. The van der Waals surface area contributed by atoms with Crippen LogP contribution in [0.2, 0.25) is 0 Å². The van der Waals surface area contributed by atoms with Crippen LogP contribution in [0.15, 0.2) is 29.3 Å². The molecule has 2 rings (SSSR count). The molecule has 0 aliphatic heterocycles. The zero-order valence-electron chi connectivity index (χ0n) is 15.8. The molecule has 1 saturated carbocycles. The minimum Gasteiger partial charge on any atom is -0.460 e. The maximum Gasteiger partial charge on any atom is 0.309 e. The molecule has 1 aromatic rings. The molecule has 1 aliphatic carbocycles. The fourth-order valence-corrected chi connectivity index (χ4v) is 3.07. The number of esters is 1. The summed E-state index contributed by atoms with van der Waals surface area (Å²) >= 11 is 0. The number of aliphatic imine (C=N–C) groups is 1. The molecule has 3 N–H and O–H groups in total. The Morgan fingerprint density at radius 1 is 1.28 bits per heavy atom. The summed E-state index contributed by atoms with van der Waals surface area (Å²) in [6.45, 7) is 7.84. The van der Waals surface area contributed by atoms with Crippen LogP contribution in [0.4, 0.5) is 5.69 Å². The number of nitrogens with two attached hydrogens (primary N) is 1. The summed E-state index contributed by atoms with van der Waals surface area (Å²) < 4.78 is 5.48. The number of nitrogens with zero attached hydrogens (tertiary/aromatic N) is 1. The average molecular weight is 345 g/mol. The zero-order valence-corrected chi connectivity index (χ0v) is 15.8. The van der Waals surface area contributed by atoms with Crippen molar-refractivity contribution < 1.29 is 9.53 Å². The van der Waals surface area contributed by atoms with E-state index in [1.807, 2.05) is 32.9 Å². The molecule has 138 valence electrons. The molecule has 0 spiro atoms. The molecule has 0 atom stereocenters. The van der Waals surface area contributed by atoms with E-state index in [9.17, 15) is 4.79 Å². The molecule has 0 saturated heterocycles. The highest BCUT2D eigenvalue weighted by molar-refractivity contribution is 5.92. The van der Waals surface area contributed by atoms with Crippen molar-refractivity contribution in [1.29, 1.82) is 0 Å². The van der Waals surface area contributed by atoms with Crippen LogP contribution in [0, 0.1) is 5.92 Å². The van der Waals surface area contributed by atoms with Gasteiger partial charge in [0.05, 0.1) is 12.0 Å². The number of benzene rings is 1. The smallest absolute Gasteiger partial charge is 0.309 e. The zero-order chi connectivity index (χ0) is 18.4. The van der Waals surface area contributed by atoms with Gasteiger partial charge in [0.1, 0.15) is 5.60 Å². The molecule has 1 fully saturated rings. The normalized spacial score (nSPS) is 21.7. The van der Waals surface area contributed by atoms with Crippen LogP contribution in [0.5, 0.6) is 0 Å². The molecule has 0 radical (unpaired) electrons. The summed E-state index contributed by atoms with van der Waals surface area (Å²) in [6.07, 6.45) is 4.33. The molecule has 0 heterocycles. The number of carbonyl (C=O) groups is 1. The van der Waals surface area contributed by atoms with Crippen LogP contribution in [0.1, 0.15) is 58.9 Å². The second-order valence-corrected chi connectivity index (χ2v) is 7.73. The third kappa shape index (κ3) is 6.40. The van der Waals surface area contributed by atoms with E-state index < -0.39 is 5.60 Å². The highest BCUT2D eigenvalue weighted by Crippen LogP contribution is 2.28. The number of ether oxygens (including phenoxy) is 1. The highest BCUT2D eigenvalue weighted by atomic mass is 16.6. The molecule has 25 heavy (non-hydrogen) atoms. The third-order valence-electron chi connectivity index (χ3n) is 4.37. The van der Waals surface area contributed by atoms with Gasteiger partial charge >= 0.3 is 5.97 Å². The lowest BCUT2D eigenvalue weighted by atomic mass is 9.86. The Kier molecular flexibility index (Phi) is 6.45. The van der Waals surface area contributed by atoms with E-state index in [4.69, 9.17) is 10.5 Å². The largest absolute Gasteiger partial charge is 0.460 e. The van der Waals surface area contributed by atoms with Gasteiger partial charge in [0, 0.05) is 5.69 Å². The van der Waals surface area contributed by atoms with E-state index in [1.54, 1.807) is 0 Å². The Balaban J connectivity index is 1.85. The summed E-state index contributed by atoms with van der Waals surface area (Å²) in [7, 11) is 0. The summed E-state index contributed by atoms with van der Waals surface area (Å²) in [5, 5.41) is 3.17. The lowest BCUT2D eigenvalue weighted by Crippen LogP contribution is -2.32. The van der Waals surface area contributed by atoms with Gasteiger partial charge in [-0.3, -0.25) is 4.79 Å². The third-order valence-corrected chi connectivity index (χ3v) is 4.37. The number of anilines is 1. The highest BCUT2D eigenvalue weighted by Gasteiger charge is 2.29. The molecule has 0 aromatic heterocycles. The number of hydrogen-bond acceptors (Lipinski definition) is 3. The molecule has 1 aliphatic rings. The van der Waals surface area contributed by atoms with E-state index in [-0.39, 0.29) is 17.9 Å². The summed E-state index contributed by atoms with van der Waals surface area (Å²) in [5.74, 6) is 0.340. The molecule has 0 amide bonds. The number of nitrogens with one attached hydrogen (secondary N) is 1. The first kappa shape index (κ1) is 19.3. The van der Waals surface area contributed by atoms with Gasteiger partial charge in [0.2, 0.25) is 0 Å². The van der Waals surface area contributed by atoms with Crippen molar-refractivity contribution in [3.63, 3.8) is 0 Å². The second-order valence-electron chi connectivity index (χ2n) is 7.73. The number of guanidine groups is 1.